The second-order valence-electron chi connectivity index (χ2n) is 4.32. The summed E-state index contributed by atoms with van der Waals surface area (Å²) in [6.07, 6.45) is 4.34. The predicted molar refractivity (Wildman–Crippen MR) is 79.5 cm³/mol. The van der Waals surface area contributed by atoms with E-state index in [0.717, 1.165) is 24.3 Å². The van der Waals surface area contributed by atoms with Gasteiger partial charge < -0.3 is 10.6 Å². The molecule has 1 aromatic heterocycles. The third-order valence-electron chi connectivity index (χ3n) is 2.65. The van der Waals surface area contributed by atoms with Crippen molar-refractivity contribution in [3.63, 3.8) is 0 Å². The first kappa shape index (κ1) is 14.5. The Morgan fingerprint density at radius 2 is 1.95 bits per heavy atom. The van der Waals surface area contributed by atoms with Crippen LogP contribution in [0.25, 0.3) is 0 Å². The average Bonchev–Trinajstić information content (AvgIpc) is 2.47. The maximum atomic E-state index is 13.1. The number of benzene rings is 1. The molecule has 2 rings (SSSR count). The summed E-state index contributed by atoms with van der Waals surface area (Å²) in [4.78, 5) is 8.48. The molecule has 2 N–H and O–H groups in total. The minimum atomic E-state index is -0.416. The van der Waals surface area contributed by atoms with E-state index in [0.29, 0.717) is 12.4 Å². The molecule has 0 aliphatic rings. The minimum Gasteiger partial charge on any atom is -0.369 e. The standard InChI is InChI=1S/C14H16ClFN4/c1-2-5-18-13-8-17-9-14(20-13)19-7-10-3-4-12(16)11(15)6-10/h3-4,6,8-9H,2,5,7H2,1H3,(H2,18,19,20). The lowest BCUT2D eigenvalue weighted by molar-refractivity contribution is 0.627. The summed E-state index contributed by atoms with van der Waals surface area (Å²) in [5.74, 6) is 0.974. The van der Waals surface area contributed by atoms with Crippen LogP contribution in [0.5, 0.6) is 0 Å². The van der Waals surface area contributed by atoms with Gasteiger partial charge in [0, 0.05) is 13.1 Å². The predicted octanol–water partition coefficient (Wildman–Crippen LogP) is 3.70. The molecule has 0 saturated heterocycles. The van der Waals surface area contributed by atoms with Gasteiger partial charge in [-0.25, -0.2) is 9.37 Å². The van der Waals surface area contributed by atoms with Gasteiger partial charge in [-0.15, -0.1) is 0 Å². The maximum absolute atomic E-state index is 13.1. The first-order chi connectivity index (χ1) is 9.69. The van der Waals surface area contributed by atoms with Gasteiger partial charge in [0.25, 0.3) is 0 Å². The van der Waals surface area contributed by atoms with Crippen molar-refractivity contribution < 1.29 is 4.39 Å². The normalized spacial score (nSPS) is 10.3. The molecule has 0 aliphatic heterocycles. The summed E-state index contributed by atoms with van der Waals surface area (Å²) in [5, 5.41) is 6.41. The molecular formula is C14H16ClFN4. The Hall–Kier alpha value is -1.88. The fourth-order valence-electron chi connectivity index (χ4n) is 1.63. The number of rotatable bonds is 6. The molecule has 0 aliphatic carbocycles. The van der Waals surface area contributed by atoms with Crippen LogP contribution in [0.15, 0.2) is 30.6 Å². The lowest BCUT2D eigenvalue weighted by Gasteiger charge is -2.08. The summed E-state index contributed by atoms with van der Waals surface area (Å²) in [5.41, 5.74) is 0.880. The van der Waals surface area contributed by atoms with Crippen molar-refractivity contribution in [2.45, 2.75) is 19.9 Å². The molecule has 6 heteroatoms. The van der Waals surface area contributed by atoms with E-state index in [1.165, 1.54) is 6.07 Å². The van der Waals surface area contributed by atoms with E-state index in [-0.39, 0.29) is 5.02 Å². The lowest BCUT2D eigenvalue weighted by atomic mass is 10.2. The molecule has 4 nitrogen and oxygen atoms in total. The van der Waals surface area contributed by atoms with Gasteiger partial charge in [0.15, 0.2) is 0 Å². The van der Waals surface area contributed by atoms with Crippen molar-refractivity contribution in [1.29, 1.82) is 0 Å². The van der Waals surface area contributed by atoms with Crippen molar-refractivity contribution in [1.82, 2.24) is 9.97 Å². The third kappa shape index (κ3) is 4.06. The molecule has 0 bridgehead atoms. The molecule has 0 amide bonds. The fourth-order valence-corrected chi connectivity index (χ4v) is 1.83. The van der Waals surface area contributed by atoms with Crippen LogP contribution in [0.4, 0.5) is 16.0 Å². The lowest BCUT2D eigenvalue weighted by Crippen LogP contribution is -2.06. The number of anilines is 2. The van der Waals surface area contributed by atoms with Crippen molar-refractivity contribution in [3.05, 3.63) is 47.0 Å². The highest BCUT2D eigenvalue weighted by atomic mass is 35.5. The highest BCUT2D eigenvalue weighted by Crippen LogP contribution is 2.17. The van der Waals surface area contributed by atoms with Gasteiger partial charge in [0.2, 0.25) is 0 Å². The second-order valence-corrected chi connectivity index (χ2v) is 4.73. The number of aromatic nitrogens is 2. The van der Waals surface area contributed by atoms with Crippen LogP contribution >= 0.6 is 11.6 Å². The summed E-state index contributed by atoms with van der Waals surface area (Å²) >= 11 is 5.74. The van der Waals surface area contributed by atoms with Crippen LogP contribution in [-0.4, -0.2) is 16.5 Å². The average molecular weight is 295 g/mol. The van der Waals surface area contributed by atoms with Crippen LogP contribution in [-0.2, 0) is 6.54 Å². The second kappa shape index (κ2) is 7.05. The highest BCUT2D eigenvalue weighted by molar-refractivity contribution is 6.30. The fraction of sp³-hybridized carbons (Fsp3) is 0.286. The quantitative estimate of drug-likeness (QED) is 0.853. The van der Waals surface area contributed by atoms with Gasteiger partial charge in [-0.1, -0.05) is 24.6 Å². The maximum Gasteiger partial charge on any atom is 0.147 e. The summed E-state index contributed by atoms with van der Waals surface area (Å²) in [6.45, 7) is 3.44. The topological polar surface area (TPSA) is 49.8 Å². The van der Waals surface area contributed by atoms with E-state index in [9.17, 15) is 4.39 Å². The number of nitrogens with zero attached hydrogens (tertiary/aromatic N) is 2. The minimum absolute atomic E-state index is 0.119. The molecule has 0 radical (unpaired) electrons. The van der Waals surface area contributed by atoms with Crippen molar-refractivity contribution >= 4 is 23.2 Å². The molecule has 1 heterocycles. The molecule has 106 valence electrons. The zero-order chi connectivity index (χ0) is 14.4. The molecular weight excluding hydrogens is 279 g/mol. The third-order valence-corrected chi connectivity index (χ3v) is 2.94. The Kier molecular flexibility index (Phi) is 5.12. The van der Waals surface area contributed by atoms with E-state index in [2.05, 4.69) is 27.5 Å². The van der Waals surface area contributed by atoms with E-state index in [1.54, 1.807) is 24.5 Å². The zero-order valence-corrected chi connectivity index (χ0v) is 11.9. The van der Waals surface area contributed by atoms with Crippen LogP contribution in [0.2, 0.25) is 5.02 Å². The first-order valence-electron chi connectivity index (χ1n) is 6.42. The molecule has 0 atom stereocenters. The van der Waals surface area contributed by atoms with Gasteiger partial charge in [0.05, 0.1) is 17.4 Å². The van der Waals surface area contributed by atoms with Crippen LogP contribution < -0.4 is 10.6 Å². The number of nitrogens with one attached hydrogen (secondary N) is 2. The first-order valence-corrected chi connectivity index (χ1v) is 6.80. The van der Waals surface area contributed by atoms with Crippen molar-refractivity contribution in [3.8, 4) is 0 Å². The van der Waals surface area contributed by atoms with Crippen molar-refractivity contribution in [2.75, 3.05) is 17.2 Å². The Morgan fingerprint density at radius 3 is 2.65 bits per heavy atom. The van der Waals surface area contributed by atoms with Gasteiger partial charge in [-0.3, -0.25) is 4.98 Å². The van der Waals surface area contributed by atoms with E-state index in [1.807, 2.05) is 0 Å². The summed E-state index contributed by atoms with van der Waals surface area (Å²) in [6, 6.07) is 4.63. The number of hydrogen-bond donors (Lipinski definition) is 2. The molecule has 0 spiro atoms. The molecule has 0 fully saturated rings. The van der Waals surface area contributed by atoms with Crippen LogP contribution in [0.1, 0.15) is 18.9 Å². The van der Waals surface area contributed by atoms with E-state index < -0.39 is 5.82 Å². The smallest absolute Gasteiger partial charge is 0.147 e. The monoisotopic (exact) mass is 294 g/mol. The Bertz CT molecular complexity index is 577. The molecule has 1 aromatic carbocycles. The Labute approximate surface area is 122 Å². The SMILES string of the molecule is CCCNc1cncc(NCc2ccc(F)c(Cl)c2)n1. The largest absolute Gasteiger partial charge is 0.369 e. The number of hydrogen-bond acceptors (Lipinski definition) is 4. The van der Waals surface area contributed by atoms with Crippen LogP contribution in [0.3, 0.4) is 0 Å². The van der Waals surface area contributed by atoms with Gasteiger partial charge >= 0.3 is 0 Å². The van der Waals surface area contributed by atoms with Gasteiger partial charge in [-0.2, -0.15) is 0 Å². The van der Waals surface area contributed by atoms with E-state index >= 15 is 0 Å². The van der Waals surface area contributed by atoms with Gasteiger partial charge in [-0.05, 0) is 24.1 Å². The molecule has 2 aromatic rings. The zero-order valence-electron chi connectivity index (χ0n) is 11.2. The molecule has 0 unspecified atom stereocenters. The van der Waals surface area contributed by atoms with Gasteiger partial charge in [0.1, 0.15) is 17.5 Å². The summed E-state index contributed by atoms with van der Waals surface area (Å²) in [7, 11) is 0. The summed E-state index contributed by atoms with van der Waals surface area (Å²) < 4.78 is 13.1. The Morgan fingerprint density at radius 1 is 1.20 bits per heavy atom. The molecule has 20 heavy (non-hydrogen) atoms. The molecule has 0 saturated carbocycles. The Balaban J connectivity index is 1.97. The van der Waals surface area contributed by atoms with E-state index in [4.69, 9.17) is 11.6 Å². The van der Waals surface area contributed by atoms with Crippen molar-refractivity contribution in [2.24, 2.45) is 0 Å². The highest BCUT2D eigenvalue weighted by Gasteiger charge is 2.02. The number of halogens is 2. The van der Waals surface area contributed by atoms with Crippen LogP contribution in [0, 0.1) is 5.82 Å².